The number of hydrogen-bond acceptors (Lipinski definition) is 6. The maximum absolute atomic E-state index is 13.3. The van der Waals surface area contributed by atoms with Crippen LogP contribution in [0.4, 0.5) is 0 Å². The fourth-order valence-corrected chi connectivity index (χ4v) is 5.19. The number of aliphatic hydroxyl groups is 1. The molecule has 1 aliphatic carbocycles. The summed E-state index contributed by atoms with van der Waals surface area (Å²) < 4.78 is 11.0. The number of esters is 1. The SMILES string of the molecule is C=CC[C@H](CC(=O)NCCOCCO)C(=O)N[C@H](COC(=O)[C@@H](CC=C)Cc1ccccc1)CC1CCCCC1. The van der Waals surface area contributed by atoms with Crippen molar-refractivity contribution in [2.75, 3.05) is 33.0 Å². The van der Waals surface area contributed by atoms with Gasteiger partial charge in [0.15, 0.2) is 0 Å². The zero-order valence-electron chi connectivity index (χ0n) is 23.9. The highest BCUT2D eigenvalue weighted by Crippen LogP contribution is 2.28. The average molecular weight is 557 g/mol. The molecule has 3 N–H and O–H groups in total. The van der Waals surface area contributed by atoms with Crippen molar-refractivity contribution >= 4 is 17.8 Å². The Morgan fingerprint density at radius 2 is 1.70 bits per heavy atom. The fourth-order valence-electron chi connectivity index (χ4n) is 5.19. The van der Waals surface area contributed by atoms with Crippen LogP contribution in [0, 0.1) is 17.8 Å². The van der Waals surface area contributed by atoms with E-state index in [1.165, 1.54) is 19.3 Å². The molecule has 222 valence electrons. The van der Waals surface area contributed by atoms with Gasteiger partial charge in [0.1, 0.15) is 6.61 Å². The van der Waals surface area contributed by atoms with E-state index in [1.54, 1.807) is 12.2 Å². The summed E-state index contributed by atoms with van der Waals surface area (Å²) in [5.74, 6) is -1.24. The van der Waals surface area contributed by atoms with Gasteiger partial charge < -0.3 is 25.2 Å². The molecular weight excluding hydrogens is 508 g/mol. The molecule has 0 saturated heterocycles. The topological polar surface area (TPSA) is 114 Å². The highest BCUT2D eigenvalue weighted by Gasteiger charge is 2.27. The summed E-state index contributed by atoms with van der Waals surface area (Å²) in [5, 5.41) is 14.6. The first-order valence-corrected chi connectivity index (χ1v) is 14.6. The number of carbonyl (C=O) groups excluding carboxylic acids is 3. The van der Waals surface area contributed by atoms with E-state index in [0.29, 0.717) is 31.7 Å². The minimum Gasteiger partial charge on any atom is -0.463 e. The number of aliphatic hydroxyl groups excluding tert-OH is 1. The van der Waals surface area contributed by atoms with Crippen LogP contribution < -0.4 is 10.6 Å². The third-order valence-corrected chi connectivity index (χ3v) is 7.28. The number of rotatable bonds is 20. The van der Waals surface area contributed by atoms with Crippen molar-refractivity contribution in [3.8, 4) is 0 Å². The smallest absolute Gasteiger partial charge is 0.309 e. The number of nitrogens with one attached hydrogen (secondary N) is 2. The van der Waals surface area contributed by atoms with Crippen molar-refractivity contribution in [3.05, 3.63) is 61.2 Å². The van der Waals surface area contributed by atoms with Crippen LogP contribution >= 0.6 is 0 Å². The summed E-state index contributed by atoms with van der Waals surface area (Å²) in [6.07, 6.45) is 11.3. The zero-order valence-corrected chi connectivity index (χ0v) is 23.9. The molecule has 1 aliphatic rings. The molecule has 3 atom stereocenters. The number of ether oxygens (including phenoxy) is 2. The summed E-state index contributed by atoms with van der Waals surface area (Å²) >= 11 is 0. The molecule has 1 aromatic rings. The van der Waals surface area contributed by atoms with Gasteiger partial charge in [-0.05, 0) is 37.2 Å². The predicted octanol–water partition coefficient (Wildman–Crippen LogP) is 4.13. The van der Waals surface area contributed by atoms with Crippen LogP contribution in [0.1, 0.15) is 63.4 Å². The van der Waals surface area contributed by atoms with Gasteiger partial charge in [-0.15, -0.1) is 13.2 Å². The minimum atomic E-state index is -0.577. The van der Waals surface area contributed by atoms with E-state index in [0.717, 1.165) is 24.8 Å². The Morgan fingerprint density at radius 3 is 2.38 bits per heavy atom. The molecule has 2 rings (SSSR count). The zero-order chi connectivity index (χ0) is 29.0. The molecule has 0 aromatic heterocycles. The van der Waals surface area contributed by atoms with E-state index in [4.69, 9.17) is 14.6 Å². The van der Waals surface area contributed by atoms with Crippen molar-refractivity contribution in [1.29, 1.82) is 0 Å². The number of benzene rings is 1. The third kappa shape index (κ3) is 13.4. The van der Waals surface area contributed by atoms with Crippen molar-refractivity contribution in [1.82, 2.24) is 10.6 Å². The maximum Gasteiger partial charge on any atom is 0.309 e. The Hall–Kier alpha value is -2.97. The van der Waals surface area contributed by atoms with E-state index >= 15 is 0 Å². The van der Waals surface area contributed by atoms with Gasteiger partial charge in [-0.3, -0.25) is 14.4 Å². The maximum atomic E-state index is 13.3. The molecule has 0 bridgehead atoms. The number of carbonyl (C=O) groups is 3. The molecule has 0 spiro atoms. The van der Waals surface area contributed by atoms with Crippen LogP contribution in [0.2, 0.25) is 0 Å². The Balaban J connectivity index is 2.00. The first-order chi connectivity index (χ1) is 19.5. The van der Waals surface area contributed by atoms with Gasteiger partial charge in [0.2, 0.25) is 11.8 Å². The van der Waals surface area contributed by atoms with E-state index < -0.39 is 5.92 Å². The molecule has 1 fully saturated rings. The molecule has 40 heavy (non-hydrogen) atoms. The standard InChI is InChI=1S/C32H48N2O6/c1-3-11-27(23-30(36)33-17-19-39-20-18-35)31(37)34-29(22-26-15-9-6-10-16-26)24-40-32(38)28(12-4-2)21-25-13-7-5-8-14-25/h3-5,7-8,13-14,26-29,35H,1-2,6,9-12,15-24H2,(H,33,36)(H,34,37)/t27-,28+,29+/m1/s1. The molecular formula is C32H48N2O6. The van der Waals surface area contributed by atoms with Crippen molar-refractivity contribution < 1.29 is 29.0 Å². The van der Waals surface area contributed by atoms with Gasteiger partial charge >= 0.3 is 5.97 Å². The largest absolute Gasteiger partial charge is 0.463 e. The van der Waals surface area contributed by atoms with Crippen LogP contribution in [0.3, 0.4) is 0 Å². The van der Waals surface area contributed by atoms with E-state index in [9.17, 15) is 14.4 Å². The fraction of sp³-hybridized carbons (Fsp3) is 0.594. The average Bonchev–Trinajstić information content (AvgIpc) is 2.96. The summed E-state index contributed by atoms with van der Waals surface area (Å²) in [6, 6.07) is 9.50. The van der Waals surface area contributed by atoms with E-state index in [1.807, 2.05) is 30.3 Å². The Bertz CT molecular complexity index is 900. The predicted molar refractivity (Wildman–Crippen MR) is 156 cm³/mol. The Morgan fingerprint density at radius 1 is 1.00 bits per heavy atom. The highest BCUT2D eigenvalue weighted by molar-refractivity contribution is 5.86. The first-order valence-electron chi connectivity index (χ1n) is 14.6. The lowest BCUT2D eigenvalue weighted by atomic mass is 9.84. The summed E-state index contributed by atoms with van der Waals surface area (Å²) in [6.45, 7) is 8.39. The second kappa shape index (κ2) is 20.0. The molecule has 1 aromatic carbocycles. The van der Waals surface area contributed by atoms with Crippen LogP contribution in [0.5, 0.6) is 0 Å². The lowest BCUT2D eigenvalue weighted by Crippen LogP contribution is -2.44. The minimum absolute atomic E-state index is 0.0201. The number of allylic oxidation sites excluding steroid dienone is 2. The number of hydrogen-bond donors (Lipinski definition) is 3. The molecule has 0 aliphatic heterocycles. The Labute approximate surface area is 239 Å². The lowest BCUT2D eigenvalue weighted by molar-refractivity contribution is -0.150. The van der Waals surface area contributed by atoms with Gasteiger partial charge in [0, 0.05) is 13.0 Å². The normalized spacial score (nSPS) is 15.8. The quantitative estimate of drug-likeness (QED) is 0.126. The van der Waals surface area contributed by atoms with Gasteiger partial charge in [-0.2, -0.15) is 0 Å². The second-order valence-electron chi connectivity index (χ2n) is 10.6. The Kier molecular flexibility index (Phi) is 16.6. The van der Waals surface area contributed by atoms with E-state index in [2.05, 4.69) is 23.8 Å². The lowest BCUT2D eigenvalue weighted by Gasteiger charge is -2.28. The highest BCUT2D eigenvalue weighted by atomic mass is 16.5. The van der Waals surface area contributed by atoms with Crippen LogP contribution in [-0.2, 0) is 30.3 Å². The van der Waals surface area contributed by atoms with Crippen LogP contribution in [-0.4, -0.2) is 61.9 Å². The van der Waals surface area contributed by atoms with Crippen LogP contribution in [0.15, 0.2) is 55.6 Å². The first kappa shape index (κ1) is 33.2. The van der Waals surface area contributed by atoms with E-state index in [-0.39, 0.29) is 62.6 Å². The number of amides is 2. The third-order valence-electron chi connectivity index (χ3n) is 7.28. The van der Waals surface area contributed by atoms with Crippen molar-refractivity contribution in [2.45, 2.75) is 70.3 Å². The summed E-state index contributed by atoms with van der Waals surface area (Å²) in [5.41, 5.74) is 1.06. The summed E-state index contributed by atoms with van der Waals surface area (Å²) in [7, 11) is 0. The van der Waals surface area contributed by atoms with Crippen molar-refractivity contribution in [2.24, 2.45) is 17.8 Å². The molecule has 0 unspecified atom stereocenters. The van der Waals surface area contributed by atoms with Gasteiger partial charge in [-0.1, -0.05) is 74.6 Å². The molecule has 8 heteroatoms. The monoisotopic (exact) mass is 556 g/mol. The molecule has 0 radical (unpaired) electrons. The van der Waals surface area contributed by atoms with Crippen molar-refractivity contribution in [3.63, 3.8) is 0 Å². The molecule has 2 amide bonds. The van der Waals surface area contributed by atoms with Gasteiger partial charge in [-0.25, -0.2) is 0 Å². The van der Waals surface area contributed by atoms with Gasteiger partial charge in [0.25, 0.3) is 0 Å². The molecule has 0 heterocycles. The van der Waals surface area contributed by atoms with Crippen LogP contribution in [0.25, 0.3) is 0 Å². The summed E-state index contributed by atoms with van der Waals surface area (Å²) in [4.78, 5) is 38.9. The molecule has 1 saturated carbocycles. The molecule has 8 nitrogen and oxygen atoms in total. The van der Waals surface area contributed by atoms with Gasteiger partial charge in [0.05, 0.1) is 37.7 Å². The second-order valence-corrected chi connectivity index (χ2v) is 10.6.